The lowest BCUT2D eigenvalue weighted by Crippen LogP contribution is -2.32. The van der Waals surface area contributed by atoms with E-state index < -0.39 is 0 Å². The first-order chi connectivity index (χ1) is 10.6. The lowest BCUT2D eigenvalue weighted by molar-refractivity contribution is -0.130. The van der Waals surface area contributed by atoms with Crippen molar-refractivity contribution < 1.29 is 9.21 Å². The summed E-state index contributed by atoms with van der Waals surface area (Å²) in [7, 11) is 0. The van der Waals surface area contributed by atoms with Crippen molar-refractivity contribution in [2.45, 2.75) is 64.7 Å². The average molecular weight is 305 g/mol. The fraction of sp³-hybridized carbons (Fsp3) is 0.706. The molecule has 0 aliphatic heterocycles. The Morgan fingerprint density at radius 1 is 1.32 bits per heavy atom. The van der Waals surface area contributed by atoms with Crippen molar-refractivity contribution >= 4 is 5.91 Å². The molecule has 1 aromatic heterocycles. The number of amides is 1. The zero-order valence-electron chi connectivity index (χ0n) is 13.8. The van der Waals surface area contributed by atoms with Gasteiger partial charge < -0.3 is 9.32 Å². The molecule has 0 atom stereocenters. The largest absolute Gasteiger partial charge is 0.425 e. The van der Waals surface area contributed by atoms with E-state index in [4.69, 9.17) is 4.42 Å². The second-order valence-electron chi connectivity index (χ2n) is 6.23. The number of hydrogen-bond acceptors (Lipinski definition) is 4. The summed E-state index contributed by atoms with van der Waals surface area (Å²) in [6.45, 7) is 9.09. The third kappa shape index (κ3) is 4.68. The van der Waals surface area contributed by atoms with E-state index in [1.54, 1.807) is 4.90 Å². The van der Waals surface area contributed by atoms with Crippen molar-refractivity contribution in [1.82, 2.24) is 15.1 Å². The van der Waals surface area contributed by atoms with Crippen LogP contribution in [-0.2, 0) is 11.2 Å². The number of hydrogen-bond donors (Lipinski definition) is 0. The molecule has 1 aliphatic carbocycles. The number of carbonyl (C=O) groups is 1. The molecule has 1 heterocycles. The Morgan fingerprint density at radius 3 is 2.68 bits per heavy atom. The number of carbonyl (C=O) groups excluding carboxylic acids is 1. The van der Waals surface area contributed by atoms with Gasteiger partial charge >= 0.3 is 0 Å². The van der Waals surface area contributed by atoms with Gasteiger partial charge in [0.1, 0.15) is 0 Å². The first-order valence-electron chi connectivity index (χ1n) is 8.34. The predicted molar refractivity (Wildman–Crippen MR) is 85.5 cm³/mol. The molecule has 1 aliphatic rings. The van der Waals surface area contributed by atoms with E-state index in [1.807, 2.05) is 13.8 Å². The average Bonchev–Trinajstić information content (AvgIpc) is 3.00. The van der Waals surface area contributed by atoms with Crippen LogP contribution in [0.1, 0.15) is 70.1 Å². The van der Waals surface area contributed by atoms with Gasteiger partial charge in [0.25, 0.3) is 0 Å². The summed E-state index contributed by atoms with van der Waals surface area (Å²) < 4.78 is 5.76. The Balaban J connectivity index is 1.84. The van der Waals surface area contributed by atoms with Crippen LogP contribution in [0.4, 0.5) is 0 Å². The van der Waals surface area contributed by atoms with Crippen LogP contribution in [0.15, 0.2) is 16.6 Å². The van der Waals surface area contributed by atoms with Gasteiger partial charge in [-0.3, -0.25) is 4.79 Å². The number of aromatic nitrogens is 2. The van der Waals surface area contributed by atoms with Crippen LogP contribution in [0.3, 0.4) is 0 Å². The minimum atomic E-state index is 0.114. The van der Waals surface area contributed by atoms with Crippen LogP contribution < -0.4 is 0 Å². The van der Waals surface area contributed by atoms with E-state index in [1.165, 1.54) is 19.3 Å². The zero-order valence-corrected chi connectivity index (χ0v) is 13.8. The SMILES string of the molecule is C=C(C)CN(CC)C(=O)CCc1nnc(C2CCCCC2)o1. The van der Waals surface area contributed by atoms with Gasteiger partial charge in [0.05, 0.1) is 0 Å². The second kappa shape index (κ2) is 8.11. The Hall–Kier alpha value is -1.65. The molecule has 2 rings (SSSR count). The van der Waals surface area contributed by atoms with E-state index in [9.17, 15) is 4.79 Å². The standard InChI is InChI=1S/C17H27N3O2/c1-4-20(12-13(2)3)16(21)11-10-15-18-19-17(22-15)14-8-6-5-7-9-14/h14H,2,4-12H2,1,3H3. The summed E-state index contributed by atoms with van der Waals surface area (Å²) in [5.74, 6) is 1.88. The van der Waals surface area contributed by atoms with Gasteiger partial charge in [0.2, 0.25) is 17.7 Å². The van der Waals surface area contributed by atoms with Crippen molar-refractivity contribution in [2.24, 2.45) is 0 Å². The van der Waals surface area contributed by atoms with Gasteiger partial charge in [0, 0.05) is 31.8 Å². The van der Waals surface area contributed by atoms with Crippen LogP contribution in [0.2, 0.25) is 0 Å². The van der Waals surface area contributed by atoms with Gasteiger partial charge in [-0.15, -0.1) is 10.2 Å². The van der Waals surface area contributed by atoms with Gasteiger partial charge in [-0.05, 0) is 26.7 Å². The number of likely N-dealkylation sites (N-methyl/N-ethyl adjacent to an activating group) is 1. The maximum absolute atomic E-state index is 12.2. The van der Waals surface area contributed by atoms with Gasteiger partial charge in [-0.25, -0.2) is 0 Å². The monoisotopic (exact) mass is 305 g/mol. The molecular formula is C17H27N3O2. The molecule has 1 fully saturated rings. The number of rotatable bonds is 7. The van der Waals surface area contributed by atoms with Gasteiger partial charge in [-0.1, -0.05) is 31.4 Å². The highest BCUT2D eigenvalue weighted by Gasteiger charge is 2.21. The third-order valence-electron chi connectivity index (χ3n) is 4.18. The molecule has 1 amide bonds. The smallest absolute Gasteiger partial charge is 0.223 e. The minimum absolute atomic E-state index is 0.114. The molecule has 0 aromatic carbocycles. The van der Waals surface area contributed by atoms with Gasteiger partial charge in [-0.2, -0.15) is 0 Å². The second-order valence-corrected chi connectivity index (χ2v) is 6.23. The fourth-order valence-corrected chi connectivity index (χ4v) is 2.96. The number of nitrogens with zero attached hydrogens (tertiary/aromatic N) is 3. The molecule has 0 N–H and O–H groups in total. The van der Waals surface area contributed by atoms with E-state index in [-0.39, 0.29) is 5.91 Å². The van der Waals surface area contributed by atoms with Crippen LogP contribution >= 0.6 is 0 Å². The maximum Gasteiger partial charge on any atom is 0.223 e. The van der Waals surface area contributed by atoms with Crippen molar-refractivity contribution in [3.63, 3.8) is 0 Å². The lowest BCUT2D eigenvalue weighted by Gasteiger charge is -2.20. The van der Waals surface area contributed by atoms with Gasteiger partial charge in [0.15, 0.2) is 0 Å². The summed E-state index contributed by atoms with van der Waals surface area (Å²) in [6, 6.07) is 0. The first kappa shape index (κ1) is 16.7. The molecule has 5 heteroatoms. The highest BCUT2D eigenvalue weighted by atomic mass is 16.4. The molecule has 1 aromatic rings. The molecule has 122 valence electrons. The highest BCUT2D eigenvalue weighted by molar-refractivity contribution is 5.76. The van der Waals surface area contributed by atoms with Crippen LogP contribution in [0.5, 0.6) is 0 Å². The van der Waals surface area contributed by atoms with Crippen molar-refractivity contribution in [3.05, 3.63) is 23.9 Å². The van der Waals surface area contributed by atoms with Crippen molar-refractivity contribution in [3.8, 4) is 0 Å². The normalized spacial score (nSPS) is 15.7. The predicted octanol–water partition coefficient (Wildman–Crippen LogP) is 3.47. The molecule has 0 spiro atoms. The lowest BCUT2D eigenvalue weighted by atomic mass is 9.89. The molecule has 1 saturated carbocycles. The van der Waals surface area contributed by atoms with Crippen LogP contribution in [-0.4, -0.2) is 34.1 Å². The molecule has 0 bridgehead atoms. The summed E-state index contributed by atoms with van der Waals surface area (Å²) in [5, 5.41) is 8.28. The van der Waals surface area contributed by atoms with E-state index >= 15 is 0 Å². The molecule has 0 radical (unpaired) electrons. The van der Waals surface area contributed by atoms with E-state index in [2.05, 4.69) is 16.8 Å². The highest BCUT2D eigenvalue weighted by Crippen LogP contribution is 2.31. The molecule has 0 saturated heterocycles. The van der Waals surface area contributed by atoms with E-state index in [0.717, 1.165) is 24.3 Å². The summed E-state index contributed by atoms with van der Waals surface area (Å²) in [5.41, 5.74) is 0.993. The summed E-state index contributed by atoms with van der Waals surface area (Å²) in [4.78, 5) is 14.0. The Morgan fingerprint density at radius 2 is 2.05 bits per heavy atom. The first-order valence-corrected chi connectivity index (χ1v) is 8.34. The minimum Gasteiger partial charge on any atom is -0.425 e. The Bertz CT molecular complexity index is 504. The molecule has 0 unspecified atom stereocenters. The summed E-state index contributed by atoms with van der Waals surface area (Å²) >= 11 is 0. The Kier molecular flexibility index (Phi) is 6.16. The third-order valence-corrected chi connectivity index (χ3v) is 4.18. The quantitative estimate of drug-likeness (QED) is 0.724. The molecule has 5 nitrogen and oxygen atoms in total. The Labute approximate surface area is 132 Å². The number of aryl methyl sites for hydroxylation is 1. The molecule has 22 heavy (non-hydrogen) atoms. The topological polar surface area (TPSA) is 59.2 Å². The van der Waals surface area contributed by atoms with Crippen molar-refractivity contribution in [2.75, 3.05) is 13.1 Å². The molecular weight excluding hydrogens is 278 g/mol. The zero-order chi connectivity index (χ0) is 15.9. The van der Waals surface area contributed by atoms with E-state index in [0.29, 0.717) is 37.7 Å². The summed E-state index contributed by atoms with van der Waals surface area (Å²) in [6.07, 6.45) is 7.01. The van der Waals surface area contributed by atoms with Crippen LogP contribution in [0.25, 0.3) is 0 Å². The maximum atomic E-state index is 12.2. The van der Waals surface area contributed by atoms with Crippen molar-refractivity contribution in [1.29, 1.82) is 0 Å². The van der Waals surface area contributed by atoms with Crippen LogP contribution in [0, 0.1) is 0 Å². The fourth-order valence-electron chi connectivity index (χ4n) is 2.96.